The summed E-state index contributed by atoms with van der Waals surface area (Å²) in [6, 6.07) is 8.60. The predicted octanol–water partition coefficient (Wildman–Crippen LogP) is 0.683. The number of ether oxygens (including phenoxy) is 1. The van der Waals surface area contributed by atoms with Gasteiger partial charge in [-0.15, -0.1) is 6.58 Å². The fourth-order valence-corrected chi connectivity index (χ4v) is 1.29. The van der Waals surface area contributed by atoms with Crippen LogP contribution >= 0.6 is 0 Å². The molecule has 0 bridgehead atoms. The Kier molecular flexibility index (Phi) is 4.49. The van der Waals surface area contributed by atoms with Gasteiger partial charge < -0.3 is 20.1 Å². The molecule has 0 aliphatic carbocycles. The van der Waals surface area contributed by atoms with Crippen LogP contribution in [0.4, 0.5) is 0 Å². The smallest absolute Gasteiger partial charge is 0.240 e. The van der Waals surface area contributed by atoms with Gasteiger partial charge >= 0.3 is 0 Å². The highest BCUT2D eigenvalue weighted by atomic mass is 16.6. The summed E-state index contributed by atoms with van der Waals surface area (Å²) < 4.78 is 5.27. The Morgan fingerprint density at radius 2 is 2.00 bits per heavy atom. The van der Waals surface area contributed by atoms with Crippen LogP contribution < -0.4 is 4.74 Å². The number of hydrogen-bond acceptors (Lipinski definition) is 4. The van der Waals surface area contributed by atoms with Crippen LogP contribution in [0, 0.1) is 0 Å². The molecular formula is C12H16O4. The van der Waals surface area contributed by atoms with Crippen molar-refractivity contribution in [1.29, 1.82) is 0 Å². The molecule has 0 radical (unpaired) electrons. The van der Waals surface area contributed by atoms with E-state index in [9.17, 15) is 10.2 Å². The summed E-state index contributed by atoms with van der Waals surface area (Å²) in [4.78, 5) is 0. The van der Waals surface area contributed by atoms with Gasteiger partial charge in [-0.05, 0) is 12.1 Å². The van der Waals surface area contributed by atoms with E-state index in [-0.39, 0.29) is 6.42 Å². The summed E-state index contributed by atoms with van der Waals surface area (Å²) in [6.45, 7) is 2.89. The van der Waals surface area contributed by atoms with E-state index < -0.39 is 18.5 Å². The lowest BCUT2D eigenvalue weighted by Gasteiger charge is -2.31. The second-order valence-corrected chi connectivity index (χ2v) is 3.45. The van der Waals surface area contributed by atoms with Crippen molar-refractivity contribution >= 4 is 0 Å². The average molecular weight is 224 g/mol. The largest absolute Gasteiger partial charge is 0.459 e. The van der Waals surface area contributed by atoms with Crippen molar-refractivity contribution in [3.63, 3.8) is 0 Å². The van der Waals surface area contributed by atoms with Gasteiger partial charge in [-0.2, -0.15) is 0 Å². The number of aliphatic hydroxyl groups excluding tert-OH is 2. The third kappa shape index (κ3) is 3.06. The zero-order valence-electron chi connectivity index (χ0n) is 8.91. The van der Waals surface area contributed by atoms with Crippen molar-refractivity contribution < 1.29 is 20.1 Å². The molecule has 1 aromatic rings. The molecule has 1 aromatic carbocycles. The summed E-state index contributed by atoms with van der Waals surface area (Å²) in [5, 5.41) is 28.4. The zero-order valence-corrected chi connectivity index (χ0v) is 8.91. The van der Waals surface area contributed by atoms with Crippen molar-refractivity contribution in [3.8, 4) is 5.75 Å². The predicted molar refractivity (Wildman–Crippen MR) is 59.9 cm³/mol. The maximum Gasteiger partial charge on any atom is 0.240 e. The number of para-hydroxylation sites is 1. The minimum atomic E-state index is -1.85. The van der Waals surface area contributed by atoms with E-state index in [1.807, 2.05) is 6.07 Å². The number of aliphatic hydroxyl groups is 3. The Bertz CT molecular complexity index is 325. The number of rotatable bonds is 6. The molecule has 3 N–H and O–H groups in total. The summed E-state index contributed by atoms with van der Waals surface area (Å²) in [5.74, 6) is -1.43. The average Bonchev–Trinajstić information content (AvgIpc) is 2.29. The van der Waals surface area contributed by atoms with Crippen LogP contribution in [0.3, 0.4) is 0 Å². The van der Waals surface area contributed by atoms with Crippen LogP contribution in [0.5, 0.6) is 5.75 Å². The molecule has 88 valence electrons. The molecule has 0 saturated carbocycles. The second kappa shape index (κ2) is 5.65. The highest BCUT2D eigenvalue weighted by Gasteiger charge is 2.36. The van der Waals surface area contributed by atoms with Crippen molar-refractivity contribution in [3.05, 3.63) is 43.0 Å². The van der Waals surface area contributed by atoms with Crippen LogP contribution in [-0.2, 0) is 0 Å². The van der Waals surface area contributed by atoms with E-state index in [0.717, 1.165) is 0 Å². The Labute approximate surface area is 94.4 Å². The SMILES string of the molecule is C=CCC(O)(Oc1ccccc1)C(O)CO. The highest BCUT2D eigenvalue weighted by molar-refractivity contribution is 5.22. The summed E-state index contributed by atoms with van der Waals surface area (Å²) in [5.41, 5.74) is 0. The van der Waals surface area contributed by atoms with E-state index in [0.29, 0.717) is 5.75 Å². The molecule has 0 fully saturated rings. The fraction of sp³-hybridized carbons (Fsp3) is 0.333. The van der Waals surface area contributed by atoms with E-state index in [1.54, 1.807) is 24.3 Å². The first-order chi connectivity index (χ1) is 7.62. The molecule has 0 aromatic heterocycles. The first kappa shape index (κ1) is 12.7. The second-order valence-electron chi connectivity index (χ2n) is 3.45. The third-order valence-corrected chi connectivity index (χ3v) is 2.17. The highest BCUT2D eigenvalue weighted by Crippen LogP contribution is 2.22. The van der Waals surface area contributed by atoms with Gasteiger partial charge in [-0.1, -0.05) is 24.3 Å². The van der Waals surface area contributed by atoms with E-state index in [1.165, 1.54) is 6.08 Å². The lowest BCUT2D eigenvalue weighted by Crippen LogP contribution is -2.49. The van der Waals surface area contributed by atoms with Crippen LogP contribution in [0.15, 0.2) is 43.0 Å². The molecule has 0 amide bonds. The fourth-order valence-electron chi connectivity index (χ4n) is 1.29. The number of hydrogen-bond donors (Lipinski definition) is 3. The Morgan fingerprint density at radius 1 is 1.38 bits per heavy atom. The quantitative estimate of drug-likeness (QED) is 0.491. The van der Waals surface area contributed by atoms with Crippen molar-refractivity contribution in [2.75, 3.05) is 6.61 Å². The van der Waals surface area contributed by atoms with E-state index in [2.05, 4.69) is 6.58 Å². The van der Waals surface area contributed by atoms with Crippen molar-refractivity contribution in [2.24, 2.45) is 0 Å². The molecule has 4 nitrogen and oxygen atoms in total. The minimum absolute atomic E-state index is 0.0175. The molecule has 4 heteroatoms. The topological polar surface area (TPSA) is 69.9 Å². The van der Waals surface area contributed by atoms with Gasteiger partial charge in [0.15, 0.2) is 0 Å². The maximum atomic E-state index is 10.0. The molecule has 0 aliphatic rings. The molecule has 16 heavy (non-hydrogen) atoms. The molecule has 2 atom stereocenters. The molecule has 0 saturated heterocycles. The Balaban J connectivity index is 2.82. The van der Waals surface area contributed by atoms with Gasteiger partial charge in [0.1, 0.15) is 11.9 Å². The maximum absolute atomic E-state index is 10.0. The summed E-state index contributed by atoms with van der Waals surface area (Å²) in [6.07, 6.45) is 0.0523. The number of benzene rings is 1. The van der Waals surface area contributed by atoms with Crippen LogP contribution in [0.25, 0.3) is 0 Å². The van der Waals surface area contributed by atoms with Crippen LogP contribution in [0.2, 0.25) is 0 Å². The van der Waals surface area contributed by atoms with Crippen molar-refractivity contribution in [1.82, 2.24) is 0 Å². The van der Waals surface area contributed by atoms with Gasteiger partial charge in [-0.3, -0.25) is 0 Å². The molecule has 2 unspecified atom stereocenters. The normalized spacial score (nSPS) is 16.2. The molecule has 0 spiro atoms. The van der Waals surface area contributed by atoms with Gasteiger partial charge in [0, 0.05) is 6.42 Å². The first-order valence-electron chi connectivity index (χ1n) is 4.98. The lowest BCUT2D eigenvalue weighted by molar-refractivity contribution is -0.211. The monoisotopic (exact) mass is 224 g/mol. The van der Waals surface area contributed by atoms with E-state index >= 15 is 0 Å². The van der Waals surface area contributed by atoms with Gasteiger partial charge in [0.2, 0.25) is 5.79 Å². The van der Waals surface area contributed by atoms with Gasteiger partial charge in [0.05, 0.1) is 6.61 Å². The van der Waals surface area contributed by atoms with Gasteiger partial charge in [-0.25, -0.2) is 0 Å². The lowest BCUT2D eigenvalue weighted by atomic mass is 10.1. The Hall–Kier alpha value is -1.36. The summed E-state index contributed by atoms with van der Waals surface area (Å²) in [7, 11) is 0. The molecular weight excluding hydrogens is 208 g/mol. The Morgan fingerprint density at radius 3 is 2.50 bits per heavy atom. The standard InChI is InChI=1S/C12H16O4/c1-2-8-12(15,11(14)9-13)16-10-6-4-3-5-7-10/h2-7,11,13-15H,1,8-9H2. The molecule has 0 heterocycles. The minimum Gasteiger partial charge on any atom is -0.459 e. The van der Waals surface area contributed by atoms with Crippen LogP contribution in [-0.4, -0.2) is 33.8 Å². The first-order valence-corrected chi connectivity index (χ1v) is 4.98. The zero-order chi connectivity index (χ0) is 12.0. The molecule has 1 rings (SSSR count). The van der Waals surface area contributed by atoms with Crippen LogP contribution in [0.1, 0.15) is 6.42 Å². The summed E-state index contributed by atoms with van der Waals surface area (Å²) >= 11 is 0. The van der Waals surface area contributed by atoms with E-state index in [4.69, 9.17) is 9.84 Å². The molecule has 0 aliphatic heterocycles. The van der Waals surface area contributed by atoms with Gasteiger partial charge in [0.25, 0.3) is 0 Å². The van der Waals surface area contributed by atoms with Crippen molar-refractivity contribution in [2.45, 2.75) is 18.3 Å². The third-order valence-electron chi connectivity index (χ3n) is 2.17.